The molecule has 0 amide bonds. The van der Waals surface area contributed by atoms with Crippen LogP contribution in [0.1, 0.15) is 20.3 Å². The van der Waals surface area contributed by atoms with Gasteiger partial charge in [-0.25, -0.2) is 0 Å². The molecule has 2 unspecified atom stereocenters. The fourth-order valence-corrected chi connectivity index (χ4v) is 2.71. The summed E-state index contributed by atoms with van der Waals surface area (Å²) in [6, 6.07) is 1.66. The molecule has 0 aromatic carbocycles. The zero-order chi connectivity index (χ0) is 9.97. The SMILES string of the molecule is CCOCCN1C2CC1CN(CC)C2. The van der Waals surface area contributed by atoms with Gasteiger partial charge >= 0.3 is 0 Å². The molecule has 3 aliphatic rings. The second-order valence-electron chi connectivity index (χ2n) is 4.33. The maximum Gasteiger partial charge on any atom is 0.0593 e. The van der Waals surface area contributed by atoms with Crippen LogP contribution in [-0.4, -0.2) is 61.3 Å². The number of likely N-dealkylation sites (N-methyl/N-ethyl adjacent to an activating group) is 1. The fraction of sp³-hybridized carbons (Fsp3) is 1.00. The van der Waals surface area contributed by atoms with Crippen molar-refractivity contribution in [2.75, 3.05) is 39.4 Å². The first-order valence-corrected chi connectivity index (χ1v) is 5.91. The Labute approximate surface area is 87.0 Å². The predicted molar refractivity (Wildman–Crippen MR) is 57.5 cm³/mol. The van der Waals surface area contributed by atoms with Crippen molar-refractivity contribution in [2.45, 2.75) is 32.4 Å². The molecule has 3 aliphatic heterocycles. The van der Waals surface area contributed by atoms with Crippen molar-refractivity contribution in [1.82, 2.24) is 9.80 Å². The second kappa shape index (κ2) is 4.60. The van der Waals surface area contributed by atoms with Crippen LogP contribution in [0.15, 0.2) is 0 Å². The van der Waals surface area contributed by atoms with E-state index < -0.39 is 0 Å². The van der Waals surface area contributed by atoms with Crippen LogP contribution < -0.4 is 0 Å². The number of piperazine rings is 1. The standard InChI is InChI=1S/C11H22N2O/c1-3-12-8-10-7-11(9-12)13(10)5-6-14-4-2/h10-11H,3-9H2,1-2H3. The number of piperidine rings is 1. The molecule has 3 fully saturated rings. The molecule has 2 bridgehead atoms. The van der Waals surface area contributed by atoms with Crippen molar-refractivity contribution in [2.24, 2.45) is 0 Å². The molecule has 3 heterocycles. The highest BCUT2D eigenvalue weighted by molar-refractivity contribution is 5.00. The van der Waals surface area contributed by atoms with Crippen LogP contribution in [0.5, 0.6) is 0 Å². The van der Waals surface area contributed by atoms with Gasteiger partial charge in [0.05, 0.1) is 6.61 Å². The highest BCUT2D eigenvalue weighted by Crippen LogP contribution is 2.31. The molecule has 0 spiro atoms. The Bertz CT molecular complexity index is 174. The molecular weight excluding hydrogens is 176 g/mol. The van der Waals surface area contributed by atoms with Crippen molar-refractivity contribution in [1.29, 1.82) is 0 Å². The highest BCUT2D eigenvalue weighted by atomic mass is 16.5. The van der Waals surface area contributed by atoms with Gasteiger partial charge < -0.3 is 9.64 Å². The van der Waals surface area contributed by atoms with Crippen molar-refractivity contribution >= 4 is 0 Å². The average molecular weight is 198 g/mol. The van der Waals surface area contributed by atoms with Crippen LogP contribution in [0, 0.1) is 0 Å². The van der Waals surface area contributed by atoms with Gasteiger partial charge in [0, 0.05) is 38.3 Å². The highest BCUT2D eigenvalue weighted by Gasteiger charge is 2.43. The van der Waals surface area contributed by atoms with Gasteiger partial charge in [-0.2, -0.15) is 0 Å². The van der Waals surface area contributed by atoms with Crippen molar-refractivity contribution in [3.8, 4) is 0 Å². The van der Waals surface area contributed by atoms with Crippen molar-refractivity contribution in [3.05, 3.63) is 0 Å². The van der Waals surface area contributed by atoms with Gasteiger partial charge in [-0.1, -0.05) is 6.92 Å². The maximum absolute atomic E-state index is 5.40. The number of fused-ring (bicyclic) bond motifs is 2. The summed E-state index contributed by atoms with van der Waals surface area (Å²) < 4.78 is 5.40. The molecule has 3 nitrogen and oxygen atoms in total. The van der Waals surface area contributed by atoms with E-state index >= 15 is 0 Å². The van der Waals surface area contributed by atoms with Crippen LogP contribution in [0.4, 0.5) is 0 Å². The van der Waals surface area contributed by atoms with Gasteiger partial charge in [0.2, 0.25) is 0 Å². The molecule has 0 aromatic rings. The van der Waals surface area contributed by atoms with E-state index in [1.54, 1.807) is 0 Å². The van der Waals surface area contributed by atoms with Gasteiger partial charge in [-0.3, -0.25) is 4.90 Å². The van der Waals surface area contributed by atoms with Crippen molar-refractivity contribution in [3.63, 3.8) is 0 Å². The lowest BCUT2D eigenvalue weighted by molar-refractivity contribution is -0.0779. The summed E-state index contributed by atoms with van der Waals surface area (Å²) in [5.41, 5.74) is 0. The number of ether oxygens (including phenoxy) is 1. The monoisotopic (exact) mass is 198 g/mol. The normalized spacial score (nSPS) is 33.0. The van der Waals surface area contributed by atoms with Gasteiger partial charge in [-0.05, 0) is 19.9 Å². The lowest BCUT2D eigenvalue weighted by Crippen LogP contribution is -2.68. The molecular formula is C11H22N2O. The van der Waals surface area contributed by atoms with E-state index in [0.717, 1.165) is 31.8 Å². The molecule has 3 rings (SSSR count). The fourth-order valence-electron chi connectivity index (χ4n) is 2.71. The van der Waals surface area contributed by atoms with Gasteiger partial charge in [-0.15, -0.1) is 0 Å². The zero-order valence-corrected chi connectivity index (χ0v) is 9.41. The average Bonchev–Trinajstić information content (AvgIpc) is 2.24. The molecule has 0 aliphatic carbocycles. The zero-order valence-electron chi connectivity index (χ0n) is 9.41. The lowest BCUT2D eigenvalue weighted by Gasteiger charge is -2.56. The molecule has 0 saturated carbocycles. The summed E-state index contributed by atoms with van der Waals surface area (Å²) in [5, 5.41) is 0. The summed E-state index contributed by atoms with van der Waals surface area (Å²) in [4.78, 5) is 5.19. The Hall–Kier alpha value is -0.120. The number of rotatable bonds is 5. The van der Waals surface area contributed by atoms with E-state index in [2.05, 4.69) is 23.6 Å². The Morgan fingerprint density at radius 1 is 1.21 bits per heavy atom. The number of nitrogens with zero attached hydrogens (tertiary/aromatic N) is 2. The molecule has 3 saturated heterocycles. The molecule has 0 N–H and O–H groups in total. The minimum atomic E-state index is 0.828. The maximum atomic E-state index is 5.40. The van der Waals surface area contributed by atoms with Crippen molar-refractivity contribution < 1.29 is 4.74 Å². The number of hydrogen-bond acceptors (Lipinski definition) is 3. The predicted octanol–water partition coefficient (Wildman–Crippen LogP) is 0.801. The smallest absolute Gasteiger partial charge is 0.0593 e. The summed E-state index contributed by atoms with van der Waals surface area (Å²) in [6.45, 7) is 11.0. The first-order chi connectivity index (χ1) is 6.85. The van der Waals surface area contributed by atoms with E-state index in [4.69, 9.17) is 4.74 Å². The van der Waals surface area contributed by atoms with Gasteiger partial charge in [0.15, 0.2) is 0 Å². The third-order valence-electron chi connectivity index (χ3n) is 3.57. The Morgan fingerprint density at radius 3 is 2.50 bits per heavy atom. The molecule has 0 radical (unpaired) electrons. The number of hydrogen-bond donors (Lipinski definition) is 0. The van der Waals surface area contributed by atoms with E-state index in [0.29, 0.717) is 0 Å². The lowest BCUT2D eigenvalue weighted by atomic mass is 9.87. The largest absolute Gasteiger partial charge is 0.380 e. The van der Waals surface area contributed by atoms with E-state index in [1.165, 1.54) is 26.1 Å². The van der Waals surface area contributed by atoms with E-state index in [9.17, 15) is 0 Å². The Kier molecular flexibility index (Phi) is 3.42. The Balaban J connectivity index is 1.71. The van der Waals surface area contributed by atoms with Gasteiger partial charge in [0.1, 0.15) is 0 Å². The summed E-state index contributed by atoms with van der Waals surface area (Å²) in [5.74, 6) is 0. The van der Waals surface area contributed by atoms with Crippen LogP contribution in [-0.2, 0) is 4.74 Å². The molecule has 0 aromatic heterocycles. The Morgan fingerprint density at radius 2 is 1.93 bits per heavy atom. The summed E-state index contributed by atoms with van der Waals surface area (Å²) in [6.07, 6.45) is 1.42. The quantitative estimate of drug-likeness (QED) is 0.608. The van der Waals surface area contributed by atoms with Gasteiger partial charge in [0.25, 0.3) is 0 Å². The van der Waals surface area contributed by atoms with Crippen LogP contribution in [0.3, 0.4) is 0 Å². The molecule has 2 atom stereocenters. The van der Waals surface area contributed by atoms with E-state index in [-0.39, 0.29) is 0 Å². The second-order valence-corrected chi connectivity index (χ2v) is 4.33. The van der Waals surface area contributed by atoms with Crippen LogP contribution in [0.25, 0.3) is 0 Å². The van der Waals surface area contributed by atoms with E-state index in [1.807, 2.05) is 0 Å². The third-order valence-corrected chi connectivity index (χ3v) is 3.57. The first-order valence-electron chi connectivity index (χ1n) is 5.91. The van der Waals surface area contributed by atoms with Crippen LogP contribution in [0.2, 0.25) is 0 Å². The minimum absolute atomic E-state index is 0.828. The molecule has 14 heavy (non-hydrogen) atoms. The summed E-state index contributed by atoms with van der Waals surface area (Å²) >= 11 is 0. The molecule has 82 valence electrons. The third kappa shape index (κ3) is 1.95. The van der Waals surface area contributed by atoms with Crippen LogP contribution >= 0.6 is 0 Å². The topological polar surface area (TPSA) is 15.7 Å². The minimum Gasteiger partial charge on any atom is -0.380 e. The molecule has 3 heteroatoms. The first kappa shape index (κ1) is 10.4. The summed E-state index contributed by atoms with van der Waals surface area (Å²) in [7, 11) is 0.